The second kappa shape index (κ2) is 10.8. The molecule has 0 radical (unpaired) electrons. The van der Waals surface area contributed by atoms with E-state index in [9.17, 15) is 14.7 Å². The van der Waals surface area contributed by atoms with Crippen LogP contribution in [-0.2, 0) is 10.5 Å². The van der Waals surface area contributed by atoms with Gasteiger partial charge in [0.2, 0.25) is 10.9 Å². The number of thioether (sulfide) groups is 1. The summed E-state index contributed by atoms with van der Waals surface area (Å²) in [5, 5.41) is 20.6. The summed E-state index contributed by atoms with van der Waals surface area (Å²) >= 11 is 14.8. The maximum atomic E-state index is 13.5. The zero-order valence-corrected chi connectivity index (χ0v) is 23.1. The monoisotopic (exact) mass is 587 g/mol. The Morgan fingerprint density at radius 3 is 2.71 bits per heavy atom. The molecule has 4 aromatic rings. The molecule has 0 bridgehead atoms. The molecule has 1 atom stereocenters. The van der Waals surface area contributed by atoms with Gasteiger partial charge in [0.15, 0.2) is 15.9 Å². The topological polar surface area (TPSA) is 106 Å². The molecule has 194 valence electrons. The van der Waals surface area contributed by atoms with Crippen molar-refractivity contribution in [2.45, 2.75) is 23.1 Å². The van der Waals surface area contributed by atoms with Gasteiger partial charge in [0, 0.05) is 15.8 Å². The molecule has 0 fully saturated rings. The molecule has 2 aromatic carbocycles. The van der Waals surface area contributed by atoms with Gasteiger partial charge in [0.25, 0.3) is 5.91 Å². The zero-order valence-electron chi connectivity index (χ0n) is 20.0. The van der Waals surface area contributed by atoms with Gasteiger partial charge in [0.1, 0.15) is 11.5 Å². The number of ether oxygens (including phenoxy) is 1. The molecule has 2 aromatic heterocycles. The third-order valence-electron chi connectivity index (χ3n) is 5.79. The van der Waals surface area contributed by atoms with Crippen LogP contribution in [0.2, 0.25) is 10.0 Å². The van der Waals surface area contributed by atoms with E-state index in [0.29, 0.717) is 37.2 Å². The molecule has 5 rings (SSSR count). The fraction of sp³-hybridized carbons (Fsp3) is 0.154. The number of methoxy groups -OCH3 is 1. The number of nitrogens with zero attached hydrogens (tertiary/aromatic N) is 3. The smallest absolute Gasteiger partial charge is 0.296 e. The number of rotatable bonds is 8. The largest absolute Gasteiger partial charge is 0.503 e. The number of amides is 1. The highest BCUT2D eigenvalue weighted by Gasteiger charge is 2.46. The van der Waals surface area contributed by atoms with Gasteiger partial charge < -0.3 is 14.3 Å². The fourth-order valence-corrected chi connectivity index (χ4v) is 6.41. The number of anilines is 1. The molecule has 0 spiro atoms. The summed E-state index contributed by atoms with van der Waals surface area (Å²) in [6.07, 6.45) is 0. The minimum atomic E-state index is -0.980. The molecular formula is C26H19Cl2N3O5S2. The minimum Gasteiger partial charge on any atom is -0.503 e. The standard InChI is InChI=1S/C26H19Cl2N3O5S2/c1-13-6-9-19(36-13)22(32)20-21(14-4-3-5-17(10-14)35-2)31(24(34)23(20)33)25-29-30-26(38-25)37-12-15-7-8-16(27)11-18(15)28/h3-11,21,33H,12H2,1-2H3. The van der Waals surface area contributed by atoms with Crippen LogP contribution >= 0.6 is 46.3 Å². The number of hydrogen-bond donors (Lipinski definition) is 1. The molecule has 1 aliphatic heterocycles. The van der Waals surface area contributed by atoms with Crippen molar-refractivity contribution in [1.82, 2.24) is 10.2 Å². The lowest BCUT2D eigenvalue weighted by Crippen LogP contribution is -2.31. The van der Waals surface area contributed by atoms with Gasteiger partial charge in [-0.15, -0.1) is 10.2 Å². The molecule has 3 heterocycles. The number of furan rings is 1. The molecule has 1 amide bonds. The predicted octanol–water partition coefficient (Wildman–Crippen LogP) is 6.83. The fourth-order valence-electron chi connectivity index (χ4n) is 3.99. The first kappa shape index (κ1) is 26.3. The summed E-state index contributed by atoms with van der Waals surface area (Å²) in [6, 6.07) is 14.3. The SMILES string of the molecule is COc1cccc(C2C(C(=O)c3ccc(C)o3)=C(O)C(=O)N2c2nnc(SCc3ccc(Cl)cc3Cl)s2)c1. The summed E-state index contributed by atoms with van der Waals surface area (Å²) in [6.45, 7) is 1.70. The maximum absolute atomic E-state index is 13.5. The number of carbonyl (C=O) groups excluding carboxylic acids is 2. The Morgan fingerprint density at radius 2 is 2.00 bits per heavy atom. The number of aromatic nitrogens is 2. The van der Waals surface area contributed by atoms with Crippen LogP contribution in [0.1, 0.15) is 33.5 Å². The van der Waals surface area contributed by atoms with Crippen LogP contribution in [0.5, 0.6) is 5.75 Å². The number of aliphatic hydroxyl groups excluding tert-OH is 1. The van der Waals surface area contributed by atoms with Crippen molar-refractivity contribution in [3.63, 3.8) is 0 Å². The third kappa shape index (κ3) is 5.04. The Morgan fingerprint density at radius 1 is 1.18 bits per heavy atom. The van der Waals surface area contributed by atoms with Gasteiger partial charge in [-0.1, -0.05) is 64.5 Å². The first-order valence-electron chi connectivity index (χ1n) is 11.2. The summed E-state index contributed by atoms with van der Waals surface area (Å²) in [5.41, 5.74) is 1.30. The maximum Gasteiger partial charge on any atom is 0.296 e. The van der Waals surface area contributed by atoms with Crippen LogP contribution in [-0.4, -0.2) is 34.1 Å². The Hall–Kier alpha value is -3.31. The lowest BCUT2D eigenvalue weighted by molar-refractivity contribution is -0.117. The molecule has 0 saturated carbocycles. The molecule has 8 nitrogen and oxygen atoms in total. The highest BCUT2D eigenvalue weighted by atomic mass is 35.5. The lowest BCUT2D eigenvalue weighted by Gasteiger charge is -2.24. The average Bonchev–Trinajstić information content (AvgIpc) is 3.61. The summed E-state index contributed by atoms with van der Waals surface area (Å²) < 4.78 is 11.4. The number of aliphatic hydroxyl groups is 1. The summed E-state index contributed by atoms with van der Waals surface area (Å²) in [7, 11) is 1.52. The van der Waals surface area contributed by atoms with Crippen molar-refractivity contribution in [1.29, 1.82) is 0 Å². The van der Waals surface area contributed by atoms with Crippen LogP contribution in [0.4, 0.5) is 5.13 Å². The number of halogens is 2. The van der Waals surface area contributed by atoms with Crippen molar-refractivity contribution in [2.24, 2.45) is 0 Å². The Labute approximate surface area is 235 Å². The summed E-state index contributed by atoms with van der Waals surface area (Å²) in [4.78, 5) is 28.1. The van der Waals surface area contributed by atoms with Gasteiger partial charge in [-0.25, -0.2) is 0 Å². The van der Waals surface area contributed by atoms with E-state index in [1.165, 1.54) is 29.8 Å². The van der Waals surface area contributed by atoms with E-state index in [-0.39, 0.29) is 16.5 Å². The van der Waals surface area contributed by atoms with Gasteiger partial charge in [-0.05, 0) is 54.4 Å². The minimum absolute atomic E-state index is 0.0138. The third-order valence-corrected chi connectivity index (χ3v) is 8.49. The van der Waals surface area contributed by atoms with E-state index in [1.54, 1.807) is 49.4 Å². The van der Waals surface area contributed by atoms with E-state index >= 15 is 0 Å². The molecule has 12 heteroatoms. The zero-order chi connectivity index (χ0) is 27.0. The molecule has 1 N–H and O–H groups in total. The number of carbonyl (C=O) groups is 2. The molecule has 38 heavy (non-hydrogen) atoms. The molecule has 1 unspecified atom stereocenters. The Kier molecular flexibility index (Phi) is 7.49. The van der Waals surface area contributed by atoms with E-state index in [1.807, 2.05) is 6.07 Å². The van der Waals surface area contributed by atoms with Crippen molar-refractivity contribution < 1.29 is 23.8 Å². The number of hydrogen-bond acceptors (Lipinski definition) is 9. The lowest BCUT2D eigenvalue weighted by atomic mass is 9.95. The molecule has 0 aliphatic carbocycles. The van der Waals surface area contributed by atoms with Crippen molar-refractivity contribution in [3.05, 3.63) is 98.6 Å². The van der Waals surface area contributed by atoms with Crippen LogP contribution < -0.4 is 9.64 Å². The van der Waals surface area contributed by atoms with Crippen LogP contribution in [0.25, 0.3) is 0 Å². The van der Waals surface area contributed by atoms with Crippen LogP contribution in [0, 0.1) is 6.92 Å². The van der Waals surface area contributed by atoms with E-state index in [4.69, 9.17) is 32.4 Å². The number of benzene rings is 2. The van der Waals surface area contributed by atoms with E-state index in [0.717, 1.165) is 16.9 Å². The normalized spacial score (nSPS) is 15.4. The summed E-state index contributed by atoms with van der Waals surface area (Å²) in [5.74, 6) is -0.472. The molecular weight excluding hydrogens is 569 g/mol. The highest BCUT2D eigenvalue weighted by molar-refractivity contribution is 8.00. The van der Waals surface area contributed by atoms with Crippen LogP contribution in [0.15, 0.2) is 74.7 Å². The van der Waals surface area contributed by atoms with Gasteiger partial charge >= 0.3 is 0 Å². The number of aryl methyl sites for hydroxylation is 1. The van der Waals surface area contributed by atoms with Crippen LogP contribution in [0.3, 0.4) is 0 Å². The average molecular weight is 588 g/mol. The highest BCUT2D eigenvalue weighted by Crippen LogP contribution is 2.44. The second-order valence-electron chi connectivity index (χ2n) is 8.23. The van der Waals surface area contributed by atoms with Crippen molar-refractivity contribution in [3.8, 4) is 5.75 Å². The Balaban J connectivity index is 1.50. The van der Waals surface area contributed by atoms with Gasteiger partial charge in [-0.2, -0.15) is 0 Å². The molecule has 1 aliphatic rings. The molecule has 0 saturated heterocycles. The van der Waals surface area contributed by atoms with Crippen molar-refractivity contribution >= 4 is 63.1 Å². The predicted molar refractivity (Wildman–Crippen MR) is 147 cm³/mol. The first-order chi connectivity index (χ1) is 18.3. The number of Topliss-reactive ketones (excluding diaryl/α,β-unsaturated/α-hetero) is 1. The van der Waals surface area contributed by atoms with Gasteiger partial charge in [-0.3, -0.25) is 14.5 Å². The van der Waals surface area contributed by atoms with E-state index in [2.05, 4.69) is 10.2 Å². The van der Waals surface area contributed by atoms with Gasteiger partial charge in [0.05, 0.1) is 18.7 Å². The number of ketones is 1. The quantitative estimate of drug-likeness (QED) is 0.136. The second-order valence-corrected chi connectivity index (χ2v) is 11.3. The Bertz CT molecular complexity index is 1580. The van der Waals surface area contributed by atoms with Crippen molar-refractivity contribution in [2.75, 3.05) is 12.0 Å². The first-order valence-corrected chi connectivity index (χ1v) is 13.7. The van der Waals surface area contributed by atoms with E-state index < -0.39 is 23.5 Å².